The van der Waals surface area contributed by atoms with Crippen molar-refractivity contribution in [1.29, 1.82) is 0 Å². The molecule has 1 amide bonds. The largest absolute Gasteiger partial charge is 0.352 e. The Labute approximate surface area is 142 Å². The summed E-state index contributed by atoms with van der Waals surface area (Å²) >= 11 is 1.64. The number of amides is 1. The molecule has 126 valence electrons. The molecule has 1 aromatic rings. The van der Waals surface area contributed by atoms with Gasteiger partial charge in [0.25, 0.3) is 0 Å². The number of carbonyl (C=O) groups is 2. The quantitative estimate of drug-likeness (QED) is 0.842. The molecule has 0 radical (unpaired) electrons. The smallest absolute Gasteiger partial charge is 0.220 e. The second-order valence-electron chi connectivity index (χ2n) is 6.81. The normalized spacial score (nSPS) is 24.4. The molecule has 0 saturated carbocycles. The maximum Gasteiger partial charge on any atom is 0.220 e. The van der Waals surface area contributed by atoms with Crippen LogP contribution in [0.15, 0.2) is 6.07 Å². The fourth-order valence-corrected chi connectivity index (χ4v) is 4.91. The van der Waals surface area contributed by atoms with Crippen molar-refractivity contribution in [3.63, 3.8) is 0 Å². The molecule has 0 aromatic carbocycles. The summed E-state index contributed by atoms with van der Waals surface area (Å²) in [4.78, 5) is 29.2. The number of fused-ring (bicyclic) bond motifs is 1. The van der Waals surface area contributed by atoms with Crippen LogP contribution in [0.3, 0.4) is 0 Å². The number of nitrogens with one attached hydrogen (secondary N) is 1. The molecular weight excluding hydrogens is 308 g/mol. The van der Waals surface area contributed by atoms with Crippen molar-refractivity contribution in [2.45, 2.75) is 64.5 Å². The van der Waals surface area contributed by atoms with Gasteiger partial charge in [0, 0.05) is 46.8 Å². The molecule has 3 rings (SSSR count). The summed E-state index contributed by atoms with van der Waals surface area (Å²) in [6.45, 7) is 6.26. The Bertz CT molecular complexity index is 596. The van der Waals surface area contributed by atoms with Crippen molar-refractivity contribution in [1.82, 2.24) is 10.2 Å². The van der Waals surface area contributed by atoms with E-state index in [1.807, 2.05) is 19.9 Å². The van der Waals surface area contributed by atoms with Crippen molar-refractivity contribution in [2.75, 3.05) is 13.1 Å². The van der Waals surface area contributed by atoms with E-state index in [1.165, 1.54) is 25.8 Å². The Balaban J connectivity index is 1.48. The summed E-state index contributed by atoms with van der Waals surface area (Å²) in [6.07, 6.45) is 5.40. The van der Waals surface area contributed by atoms with Gasteiger partial charge in [0.2, 0.25) is 5.91 Å². The molecule has 0 unspecified atom stereocenters. The van der Waals surface area contributed by atoms with Crippen LogP contribution in [0.4, 0.5) is 0 Å². The molecule has 2 aliphatic rings. The molecule has 1 N–H and O–H groups in total. The zero-order chi connectivity index (χ0) is 16.4. The molecule has 0 bridgehead atoms. The van der Waals surface area contributed by atoms with Crippen LogP contribution >= 0.6 is 11.3 Å². The summed E-state index contributed by atoms with van der Waals surface area (Å²) in [5, 5.41) is 3.17. The highest BCUT2D eigenvalue weighted by Crippen LogP contribution is 2.27. The third kappa shape index (κ3) is 3.83. The number of carbonyl (C=O) groups excluding carboxylic acids is 2. The molecule has 2 fully saturated rings. The first-order valence-electron chi connectivity index (χ1n) is 8.68. The minimum Gasteiger partial charge on any atom is -0.352 e. The summed E-state index contributed by atoms with van der Waals surface area (Å²) in [5.41, 5.74) is 0.791. The number of nitrogens with zero attached hydrogens (tertiary/aromatic N) is 1. The van der Waals surface area contributed by atoms with E-state index in [1.54, 1.807) is 11.3 Å². The lowest BCUT2D eigenvalue weighted by molar-refractivity contribution is -0.122. The maximum absolute atomic E-state index is 12.3. The van der Waals surface area contributed by atoms with Crippen LogP contribution in [-0.4, -0.2) is 41.8 Å². The zero-order valence-electron chi connectivity index (χ0n) is 14.1. The molecule has 2 aliphatic heterocycles. The molecule has 2 saturated heterocycles. The van der Waals surface area contributed by atoms with Gasteiger partial charge in [-0.05, 0) is 45.7 Å². The van der Waals surface area contributed by atoms with Crippen molar-refractivity contribution in [3.8, 4) is 0 Å². The van der Waals surface area contributed by atoms with Gasteiger partial charge in [-0.3, -0.25) is 14.5 Å². The summed E-state index contributed by atoms with van der Waals surface area (Å²) in [5.74, 6) is 0.119. The van der Waals surface area contributed by atoms with Gasteiger partial charge in [0.05, 0.1) is 0 Å². The standard InChI is InChI=1S/C18H26N2O2S/c1-12-11-14(13(2)23-12)17(21)6-7-18(22)19-15-8-10-20-9-4-3-5-16(15)20/h11,15-16H,3-10H2,1-2H3,(H,19,22)/t15-,16-/m0/s1. The third-order valence-corrected chi connectivity index (χ3v) is 6.09. The first kappa shape index (κ1) is 16.7. The lowest BCUT2D eigenvalue weighted by Crippen LogP contribution is -2.46. The molecular formula is C18H26N2O2S. The van der Waals surface area contributed by atoms with Crippen LogP contribution in [0.1, 0.15) is 58.6 Å². The van der Waals surface area contributed by atoms with E-state index in [4.69, 9.17) is 0 Å². The van der Waals surface area contributed by atoms with E-state index in [-0.39, 0.29) is 17.7 Å². The molecule has 2 atom stereocenters. The Morgan fingerprint density at radius 1 is 1.22 bits per heavy atom. The van der Waals surface area contributed by atoms with Crippen LogP contribution < -0.4 is 5.32 Å². The zero-order valence-corrected chi connectivity index (χ0v) is 14.9. The number of piperidine rings is 1. The van der Waals surface area contributed by atoms with Gasteiger partial charge in [-0.25, -0.2) is 0 Å². The summed E-state index contributed by atoms with van der Waals surface area (Å²) < 4.78 is 0. The molecule has 0 spiro atoms. The fraction of sp³-hybridized carbons (Fsp3) is 0.667. The van der Waals surface area contributed by atoms with Gasteiger partial charge in [-0.15, -0.1) is 11.3 Å². The predicted octanol–water partition coefficient (Wildman–Crippen LogP) is 3.07. The fourth-order valence-electron chi connectivity index (χ4n) is 3.96. The maximum atomic E-state index is 12.3. The van der Waals surface area contributed by atoms with Crippen molar-refractivity contribution in [2.24, 2.45) is 0 Å². The topological polar surface area (TPSA) is 49.4 Å². The Morgan fingerprint density at radius 2 is 2.04 bits per heavy atom. The lowest BCUT2D eigenvalue weighted by atomic mass is 9.99. The number of rotatable bonds is 5. The Kier molecular flexibility index (Phi) is 5.17. The average Bonchev–Trinajstić information content (AvgIpc) is 3.08. The molecule has 1 aromatic heterocycles. The number of thiophene rings is 1. The molecule has 23 heavy (non-hydrogen) atoms. The van der Waals surface area contributed by atoms with Crippen molar-refractivity contribution < 1.29 is 9.59 Å². The molecule has 3 heterocycles. The highest BCUT2D eigenvalue weighted by Gasteiger charge is 2.36. The van der Waals surface area contributed by atoms with Crippen molar-refractivity contribution in [3.05, 3.63) is 21.4 Å². The van der Waals surface area contributed by atoms with E-state index < -0.39 is 0 Å². The first-order valence-corrected chi connectivity index (χ1v) is 9.50. The van der Waals surface area contributed by atoms with E-state index in [9.17, 15) is 9.59 Å². The van der Waals surface area contributed by atoms with Crippen LogP contribution in [0.5, 0.6) is 0 Å². The van der Waals surface area contributed by atoms with Crippen LogP contribution in [0.2, 0.25) is 0 Å². The second-order valence-corrected chi connectivity index (χ2v) is 8.27. The van der Waals surface area contributed by atoms with E-state index in [2.05, 4.69) is 10.2 Å². The number of hydrogen-bond acceptors (Lipinski definition) is 4. The highest BCUT2D eigenvalue weighted by molar-refractivity contribution is 7.12. The lowest BCUT2D eigenvalue weighted by Gasteiger charge is -2.32. The molecule has 0 aliphatic carbocycles. The Morgan fingerprint density at radius 3 is 2.78 bits per heavy atom. The van der Waals surface area contributed by atoms with Gasteiger partial charge in [-0.2, -0.15) is 0 Å². The van der Waals surface area contributed by atoms with E-state index in [0.717, 1.165) is 28.3 Å². The SMILES string of the molecule is Cc1cc(C(=O)CCC(=O)N[C@H]2CCN3CCCC[C@@H]23)c(C)s1. The molecule has 5 heteroatoms. The van der Waals surface area contributed by atoms with Gasteiger partial charge < -0.3 is 5.32 Å². The minimum atomic E-state index is 0.0281. The number of aryl methyl sites for hydroxylation is 2. The van der Waals surface area contributed by atoms with E-state index >= 15 is 0 Å². The second kappa shape index (κ2) is 7.14. The van der Waals surface area contributed by atoms with Crippen LogP contribution in [0.25, 0.3) is 0 Å². The average molecular weight is 334 g/mol. The number of Topliss-reactive ketones (excluding diaryl/α,β-unsaturated/α-hetero) is 1. The Hall–Kier alpha value is -1.20. The third-order valence-electron chi connectivity index (χ3n) is 5.12. The van der Waals surface area contributed by atoms with E-state index in [0.29, 0.717) is 18.9 Å². The molecule has 4 nitrogen and oxygen atoms in total. The van der Waals surface area contributed by atoms with Gasteiger partial charge in [0.15, 0.2) is 5.78 Å². The predicted molar refractivity (Wildman–Crippen MR) is 93.1 cm³/mol. The van der Waals surface area contributed by atoms with Gasteiger partial charge in [0.1, 0.15) is 0 Å². The van der Waals surface area contributed by atoms with Crippen LogP contribution in [-0.2, 0) is 4.79 Å². The van der Waals surface area contributed by atoms with Gasteiger partial charge in [-0.1, -0.05) is 6.42 Å². The first-order chi connectivity index (χ1) is 11.0. The number of hydrogen-bond donors (Lipinski definition) is 1. The van der Waals surface area contributed by atoms with Crippen LogP contribution in [0, 0.1) is 13.8 Å². The summed E-state index contributed by atoms with van der Waals surface area (Å²) in [7, 11) is 0. The van der Waals surface area contributed by atoms with Crippen molar-refractivity contribution >= 4 is 23.0 Å². The number of ketones is 1. The highest BCUT2D eigenvalue weighted by atomic mass is 32.1. The minimum absolute atomic E-state index is 0.0281. The summed E-state index contributed by atoms with van der Waals surface area (Å²) in [6, 6.07) is 2.74. The monoisotopic (exact) mass is 334 g/mol. The van der Waals surface area contributed by atoms with Gasteiger partial charge >= 0.3 is 0 Å².